The summed E-state index contributed by atoms with van der Waals surface area (Å²) in [5.74, 6) is 0.509. The van der Waals surface area contributed by atoms with Crippen LogP contribution in [0.5, 0.6) is 0 Å². The molecule has 2 aromatic rings. The first-order valence-electron chi connectivity index (χ1n) is 6.07. The SMILES string of the molecule is CCOC(=O)Nc1cnc(Nc2ccccc2)nc1N. The van der Waals surface area contributed by atoms with Crippen molar-refractivity contribution < 1.29 is 9.53 Å². The summed E-state index contributed by atoms with van der Waals surface area (Å²) in [5, 5.41) is 5.47. The molecule has 0 spiro atoms. The van der Waals surface area contributed by atoms with Crippen LogP contribution in [0.4, 0.5) is 27.9 Å². The van der Waals surface area contributed by atoms with E-state index in [4.69, 9.17) is 10.5 Å². The molecule has 0 bridgehead atoms. The number of nitrogens with two attached hydrogens (primary N) is 1. The highest BCUT2D eigenvalue weighted by Gasteiger charge is 2.08. The van der Waals surface area contributed by atoms with E-state index in [1.165, 1.54) is 6.20 Å². The molecule has 0 aliphatic carbocycles. The minimum atomic E-state index is -0.591. The monoisotopic (exact) mass is 273 g/mol. The molecule has 0 atom stereocenters. The second-order valence-electron chi connectivity index (χ2n) is 3.83. The third kappa shape index (κ3) is 3.58. The molecule has 0 saturated heterocycles. The van der Waals surface area contributed by atoms with Gasteiger partial charge in [0, 0.05) is 5.69 Å². The molecule has 7 nitrogen and oxygen atoms in total. The van der Waals surface area contributed by atoms with Crippen LogP contribution in [0.2, 0.25) is 0 Å². The molecule has 0 aliphatic rings. The number of aromatic nitrogens is 2. The lowest BCUT2D eigenvalue weighted by atomic mass is 10.3. The van der Waals surface area contributed by atoms with Crippen LogP contribution >= 0.6 is 0 Å². The van der Waals surface area contributed by atoms with Gasteiger partial charge in [-0.3, -0.25) is 5.32 Å². The quantitative estimate of drug-likeness (QED) is 0.790. The number of nitrogens with zero attached hydrogens (tertiary/aromatic N) is 2. The third-order valence-corrected chi connectivity index (χ3v) is 2.36. The number of amides is 1. The van der Waals surface area contributed by atoms with Gasteiger partial charge in [-0.15, -0.1) is 0 Å². The largest absolute Gasteiger partial charge is 0.450 e. The number of nitrogens with one attached hydrogen (secondary N) is 2. The number of carbonyl (C=O) groups excluding carboxylic acids is 1. The summed E-state index contributed by atoms with van der Waals surface area (Å²) < 4.78 is 4.75. The van der Waals surface area contributed by atoms with Crippen molar-refractivity contribution in [2.45, 2.75) is 6.92 Å². The van der Waals surface area contributed by atoms with Crippen molar-refractivity contribution in [1.82, 2.24) is 9.97 Å². The van der Waals surface area contributed by atoms with E-state index >= 15 is 0 Å². The van der Waals surface area contributed by atoms with Crippen LogP contribution in [0.1, 0.15) is 6.92 Å². The summed E-state index contributed by atoms with van der Waals surface area (Å²) in [4.78, 5) is 19.4. The predicted octanol–water partition coefficient (Wildman–Crippen LogP) is 2.37. The molecule has 1 heterocycles. The summed E-state index contributed by atoms with van der Waals surface area (Å²) in [7, 11) is 0. The van der Waals surface area contributed by atoms with Gasteiger partial charge in [0.1, 0.15) is 5.69 Å². The van der Waals surface area contributed by atoms with E-state index < -0.39 is 6.09 Å². The minimum Gasteiger partial charge on any atom is -0.450 e. The average molecular weight is 273 g/mol. The van der Waals surface area contributed by atoms with Crippen molar-refractivity contribution in [1.29, 1.82) is 0 Å². The summed E-state index contributed by atoms with van der Waals surface area (Å²) in [6.07, 6.45) is 0.830. The summed E-state index contributed by atoms with van der Waals surface area (Å²) in [6.45, 7) is 1.99. The Balaban J connectivity index is 2.08. The molecule has 0 unspecified atom stereocenters. The van der Waals surface area contributed by atoms with E-state index in [0.717, 1.165) is 5.69 Å². The first-order valence-corrected chi connectivity index (χ1v) is 6.07. The van der Waals surface area contributed by atoms with Crippen molar-refractivity contribution in [3.05, 3.63) is 36.5 Å². The van der Waals surface area contributed by atoms with Crippen LogP contribution in [-0.2, 0) is 4.74 Å². The lowest BCUT2D eigenvalue weighted by Gasteiger charge is -2.09. The molecule has 0 saturated carbocycles. The number of rotatable bonds is 4. The molecule has 2 rings (SSSR count). The van der Waals surface area contributed by atoms with E-state index in [0.29, 0.717) is 11.6 Å². The second kappa shape index (κ2) is 6.37. The van der Waals surface area contributed by atoms with E-state index in [2.05, 4.69) is 20.6 Å². The third-order valence-electron chi connectivity index (χ3n) is 2.36. The Morgan fingerprint density at radius 3 is 2.75 bits per heavy atom. The molecule has 0 aliphatic heterocycles. The smallest absolute Gasteiger partial charge is 0.411 e. The Bertz CT molecular complexity index is 589. The van der Waals surface area contributed by atoms with Crippen molar-refractivity contribution in [3.63, 3.8) is 0 Å². The van der Waals surface area contributed by atoms with Crippen LogP contribution in [0.3, 0.4) is 0 Å². The van der Waals surface area contributed by atoms with E-state index in [1.54, 1.807) is 6.92 Å². The van der Waals surface area contributed by atoms with Gasteiger partial charge in [0.25, 0.3) is 0 Å². The Kier molecular flexibility index (Phi) is 4.33. The maximum Gasteiger partial charge on any atom is 0.411 e. The molecule has 1 aromatic carbocycles. The first kappa shape index (κ1) is 13.6. The van der Waals surface area contributed by atoms with Gasteiger partial charge in [-0.05, 0) is 19.1 Å². The molecule has 1 aromatic heterocycles. The van der Waals surface area contributed by atoms with Crippen LogP contribution < -0.4 is 16.4 Å². The highest BCUT2D eigenvalue weighted by atomic mass is 16.5. The van der Waals surface area contributed by atoms with Crippen molar-refractivity contribution in [2.75, 3.05) is 23.0 Å². The minimum absolute atomic E-state index is 0.159. The lowest BCUT2D eigenvalue weighted by Crippen LogP contribution is -2.15. The van der Waals surface area contributed by atoms with E-state index in [-0.39, 0.29) is 12.4 Å². The average Bonchev–Trinajstić information content (AvgIpc) is 2.43. The molecule has 1 amide bonds. The Morgan fingerprint density at radius 2 is 2.10 bits per heavy atom. The number of hydrogen-bond donors (Lipinski definition) is 3. The van der Waals surface area contributed by atoms with Crippen molar-refractivity contribution >= 4 is 29.2 Å². The molecule has 4 N–H and O–H groups in total. The topological polar surface area (TPSA) is 102 Å². The highest BCUT2D eigenvalue weighted by Crippen LogP contribution is 2.18. The molecular formula is C13H15N5O2. The number of ether oxygens (including phenoxy) is 1. The van der Waals surface area contributed by atoms with Gasteiger partial charge in [-0.2, -0.15) is 4.98 Å². The Morgan fingerprint density at radius 1 is 1.35 bits per heavy atom. The molecule has 20 heavy (non-hydrogen) atoms. The zero-order chi connectivity index (χ0) is 14.4. The molecular weight excluding hydrogens is 258 g/mol. The molecule has 7 heteroatoms. The van der Waals surface area contributed by atoms with Gasteiger partial charge < -0.3 is 15.8 Å². The van der Waals surface area contributed by atoms with Gasteiger partial charge in [0.05, 0.1) is 12.8 Å². The van der Waals surface area contributed by atoms with Crippen LogP contribution in [0, 0.1) is 0 Å². The standard InChI is InChI=1S/C13H15N5O2/c1-2-20-13(19)17-10-8-15-12(18-11(10)14)16-9-6-4-3-5-7-9/h3-8H,2H2,1H3,(H,17,19)(H3,14,15,16,18). The van der Waals surface area contributed by atoms with Crippen molar-refractivity contribution in [3.8, 4) is 0 Å². The van der Waals surface area contributed by atoms with Crippen LogP contribution in [0.15, 0.2) is 36.5 Å². The van der Waals surface area contributed by atoms with Crippen LogP contribution in [-0.4, -0.2) is 22.7 Å². The maximum absolute atomic E-state index is 11.3. The van der Waals surface area contributed by atoms with Gasteiger partial charge in [-0.25, -0.2) is 9.78 Å². The zero-order valence-electron chi connectivity index (χ0n) is 11.0. The van der Waals surface area contributed by atoms with Gasteiger partial charge in [0.15, 0.2) is 5.82 Å². The fraction of sp³-hybridized carbons (Fsp3) is 0.154. The fourth-order valence-corrected chi connectivity index (χ4v) is 1.48. The number of anilines is 4. The van der Waals surface area contributed by atoms with Gasteiger partial charge >= 0.3 is 6.09 Å². The van der Waals surface area contributed by atoms with E-state index in [9.17, 15) is 4.79 Å². The predicted molar refractivity (Wildman–Crippen MR) is 76.8 cm³/mol. The number of carbonyl (C=O) groups is 1. The second-order valence-corrected chi connectivity index (χ2v) is 3.83. The summed E-state index contributed by atoms with van der Waals surface area (Å²) in [5.41, 5.74) is 6.91. The van der Waals surface area contributed by atoms with E-state index in [1.807, 2.05) is 30.3 Å². The zero-order valence-corrected chi connectivity index (χ0v) is 11.0. The fourth-order valence-electron chi connectivity index (χ4n) is 1.48. The molecule has 0 fully saturated rings. The first-order chi connectivity index (χ1) is 9.69. The number of benzene rings is 1. The Hall–Kier alpha value is -2.83. The molecule has 104 valence electrons. The van der Waals surface area contributed by atoms with Crippen LogP contribution in [0.25, 0.3) is 0 Å². The molecule has 0 radical (unpaired) electrons. The van der Waals surface area contributed by atoms with Gasteiger partial charge in [-0.1, -0.05) is 18.2 Å². The number of nitrogen functional groups attached to an aromatic ring is 1. The maximum atomic E-state index is 11.3. The Labute approximate surface area is 116 Å². The normalized spacial score (nSPS) is 9.85. The highest BCUT2D eigenvalue weighted by molar-refractivity contribution is 5.87. The number of para-hydroxylation sites is 1. The van der Waals surface area contributed by atoms with Crippen molar-refractivity contribution in [2.24, 2.45) is 0 Å². The summed E-state index contributed by atoms with van der Waals surface area (Å²) >= 11 is 0. The lowest BCUT2D eigenvalue weighted by molar-refractivity contribution is 0.168. The number of hydrogen-bond acceptors (Lipinski definition) is 6. The summed E-state index contributed by atoms with van der Waals surface area (Å²) in [6, 6.07) is 9.45. The van der Waals surface area contributed by atoms with Gasteiger partial charge in [0.2, 0.25) is 5.95 Å².